The zero-order valence-corrected chi connectivity index (χ0v) is 24.4. The lowest BCUT2D eigenvalue weighted by Gasteiger charge is -2.44. The van der Waals surface area contributed by atoms with Crippen molar-refractivity contribution in [1.82, 2.24) is 4.98 Å². The maximum Gasteiger partial charge on any atom is 0.162 e. The summed E-state index contributed by atoms with van der Waals surface area (Å²) in [6, 6.07) is 17.2. The van der Waals surface area contributed by atoms with Crippen molar-refractivity contribution in [2.75, 3.05) is 4.90 Å². The molecular formula is C32H30Cl2N4O2. The molecule has 0 saturated heterocycles. The van der Waals surface area contributed by atoms with E-state index in [1.807, 2.05) is 32.0 Å². The molecule has 1 aromatic heterocycles. The molecule has 0 amide bonds. The van der Waals surface area contributed by atoms with E-state index in [0.29, 0.717) is 47.1 Å². The third-order valence-electron chi connectivity index (χ3n) is 7.60. The number of nitrogens with two attached hydrogens (primary N) is 1. The summed E-state index contributed by atoms with van der Waals surface area (Å²) in [5.41, 5.74) is 12.5. The smallest absolute Gasteiger partial charge is 0.162 e. The molecule has 0 saturated carbocycles. The van der Waals surface area contributed by atoms with Gasteiger partial charge < -0.3 is 10.5 Å². The molecule has 2 heterocycles. The molecule has 5 rings (SSSR count). The van der Waals surface area contributed by atoms with Crippen molar-refractivity contribution in [2.45, 2.75) is 53.1 Å². The summed E-state index contributed by atoms with van der Waals surface area (Å²) >= 11 is 12.5. The number of hydrogen-bond donors (Lipinski definition) is 1. The van der Waals surface area contributed by atoms with Crippen LogP contribution in [0.2, 0.25) is 10.2 Å². The number of allylic oxidation sites excluding steroid dienone is 3. The fourth-order valence-corrected chi connectivity index (χ4v) is 6.04. The Morgan fingerprint density at radius 3 is 2.52 bits per heavy atom. The maximum absolute atomic E-state index is 13.9. The Labute approximate surface area is 244 Å². The second kappa shape index (κ2) is 10.6. The quantitative estimate of drug-likeness (QED) is 0.318. The third-order valence-corrected chi connectivity index (χ3v) is 8.15. The molecule has 1 unspecified atom stereocenters. The number of rotatable bonds is 5. The molecule has 0 radical (unpaired) electrons. The number of carbonyl (C=O) groups excluding carboxylic acids is 1. The number of aryl methyl sites for hydroxylation is 2. The van der Waals surface area contributed by atoms with Crippen LogP contribution in [0.3, 0.4) is 0 Å². The predicted octanol–water partition coefficient (Wildman–Crippen LogP) is 7.53. The number of carbonyl (C=O) groups is 1. The van der Waals surface area contributed by atoms with Gasteiger partial charge in [0.25, 0.3) is 0 Å². The molecule has 0 fully saturated rings. The maximum atomic E-state index is 13.9. The van der Waals surface area contributed by atoms with Crippen molar-refractivity contribution in [3.8, 4) is 11.8 Å². The van der Waals surface area contributed by atoms with Gasteiger partial charge in [0.1, 0.15) is 18.2 Å². The average Bonchev–Trinajstić information content (AvgIpc) is 2.89. The van der Waals surface area contributed by atoms with Gasteiger partial charge in [-0.3, -0.25) is 9.69 Å². The molecular weight excluding hydrogens is 543 g/mol. The number of ether oxygens (including phenoxy) is 1. The highest BCUT2D eigenvalue weighted by molar-refractivity contribution is 6.32. The first-order chi connectivity index (χ1) is 19.0. The number of nitrogens with zero attached hydrogens (tertiary/aromatic N) is 3. The molecule has 2 aliphatic rings. The van der Waals surface area contributed by atoms with Gasteiger partial charge in [0.15, 0.2) is 10.9 Å². The van der Waals surface area contributed by atoms with Crippen LogP contribution in [0.5, 0.6) is 5.75 Å². The van der Waals surface area contributed by atoms with Crippen LogP contribution >= 0.6 is 23.2 Å². The Kier molecular flexibility index (Phi) is 7.39. The molecule has 204 valence electrons. The Hall–Kier alpha value is -3.79. The van der Waals surface area contributed by atoms with Gasteiger partial charge in [-0.25, -0.2) is 4.98 Å². The number of ketones is 1. The minimum absolute atomic E-state index is 0.000419. The number of aromatic nitrogens is 1. The van der Waals surface area contributed by atoms with Crippen molar-refractivity contribution in [1.29, 1.82) is 5.26 Å². The molecule has 1 atom stereocenters. The number of anilines is 1. The van der Waals surface area contributed by atoms with E-state index in [-0.39, 0.29) is 22.2 Å². The van der Waals surface area contributed by atoms with Gasteiger partial charge in [0, 0.05) is 28.9 Å². The van der Waals surface area contributed by atoms with Crippen molar-refractivity contribution in [3.05, 3.63) is 110 Å². The van der Waals surface area contributed by atoms with Gasteiger partial charge in [0.2, 0.25) is 0 Å². The van der Waals surface area contributed by atoms with Crippen LogP contribution in [-0.2, 0) is 11.4 Å². The molecule has 2 aromatic carbocycles. The highest BCUT2D eigenvalue weighted by Gasteiger charge is 2.45. The molecule has 3 aromatic rings. The zero-order valence-electron chi connectivity index (χ0n) is 22.9. The molecule has 8 heteroatoms. The van der Waals surface area contributed by atoms with Crippen molar-refractivity contribution >= 4 is 34.7 Å². The minimum Gasteiger partial charge on any atom is -0.489 e. The van der Waals surface area contributed by atoms with Gasteiger partial charge in [-0.2, -0.15) is 5.26 Å². The number of hydrogen-bond acceptors (Lipinski definition) is 6. The van der Waals surface area contributed by atoms with E-state index in [1.54, 1.807) is 35.4 Å². The lowest BCUT2D eigenvalue weighted by Crippen LogP contribution is -2.42. The first-order valence-corrected chi connectivity index (χ1v) is 13.8. The summed E-state index contributed by atoms with van der Waals surface area (Å²) < 4.78 is 6.06. The van der Waals surface area contributed by atoms with E-state index in [1.165, 1.54) is 0 Å². The second-order valence-corrected chi connectivity index (χ2v) is 12.0. The van der Waals surface area contributed by atoms with Gasteiger partial charge in [0.05, 0.1) is 23.2 Å². The lowest BCUT2D eigenvalue weighted by atomic mass is 9.68. The van der Waals surface area contributed by atoms with Crippen LogP contribution in [0.1, 0.15) is 54.9 Å². The van der Waals surface area contributed by atoms with Crippen LogP contribution in [0.25, 0.3) is 0 Å². The van der Waals surface area contributed by atoms with E-state index >= 15 is 0 Å². The van der Waals surface area contributed by atoms with E-state index in [0.717, 1.165) is 28.0 Å². The second-order valence-electron chi connectivity index (χ2n) is 11.2. The highest BCUT2D eigenvalue weighted by atomic mass is 35.5. The fourth-order valence-electron chi connectivity index (χ4n) is 5.71. The first-order valence-electron chi connectivity index (χ1n) is 13.1. The van der Waals surface area contributed by atoms with Crippen molar-refractivity contribution in [2.24, 2.45) is 11.1 Å². The summed E-state index contributed by atoms with van der Waals surface area (Å²) in [5, 5.41) is 11.3. The van der Waals surface area contributed by atoms with Gasteiger partial charge in [-0.05, 0) is 84.3 Å². The standard InChI is InChI=1S/C32H30Cl2N4O2/c1-18-12-19(2)23(13-20(18)17-40-22-9-7-21(33)8-10-22)28-24(16-35)31(36)38(25-6-5-11-37-30(25)34)26-14-32(3,4)15-27(39)29(26)28/h5-13,28H,14-15,17,36H2,1-4H3. The Balaban J connectivity index is 1.67. The summed E-state index contributed by atoms with van der Waals surface area (Å²) in [5.74, 6) is 0.348. The zero-order chi connectivity index (χ0) is 28.8. The Morgan fingerprint density at radius 1 is 1.12 bits per heavy atom. The summed E-state index contributed by atoms with van der Waals surface area (Å²) in [6.07, 6.45) is 2.55. The van der Waals surface area contributed by atoms with E-state index < -0.39 is 5.92 Å². The average molecular weight is 574 g/mol. The normalized spacial score (nSPS) is 18.5. The van der Waals surface area contributed by atoms with Crippen LogP contribution in [0.15, 0.2) is 77.4 Å². The molecule has 1 aliphatic carbocycles. The Bertz CT molecular complexity index is 1620. The summed E-state index contributed by atoms with van der Waals surface area (Å²) in [7, 11) is 0. The number of Topliss-reactive ketones (excluding diaryl/α,β-unsaturated/α-hetero) is 1. The molecule has 0 spiro atoms. The lowest BCUT2D eigenvalue weighted by molar-refractivity contribution is -0.118. The molecule has 0 bridgehead atoms. The number of halogens is 2. The van der Waals surface area contributed by atoms with Gasteiger partial charge in [-0.1, -0.05) is 49.2 Å². The number of benzene rings is 2. The SMILES string of the molecule is Cc1cc(C)c(C2C(C#N)=C(N)N(c3cccnc3Cl)C3=C2C(=O)CC(C)(C)C3)cc1COc1ccc(Cl)cc1. The van der Waals surface area contributed by atoms with Crippen LogP contribution < -0.4 is 15.4 Å². The van der Waals surface area contributed by atoms with Crippen LogP contribution in [0, 0.1) is 30.6 Å². The van der Waals surface area contributed by atoms with E-state index in [9.17, 15) is 10.1 Å². The van der Waals surface area contributed by atoms with Crippen LogP contribution in [-0.4, -0.2) is 10.8 Å². The Morgan fingerprint density at radius 2 is 1.85 bits per heavy atom. The molecule has 40 heavy (non-hydrogen) atoms. The minimum atomic E-state index is -0.606. The largest absolute Gasteiger partial charge is 0.489 e. The molecule has 6 nitrogen and oxygen atoms in total. The highest BCUT2D eigenvalue weighted by Crippen LogP contribution is 2.51. The first kappa shape index (κ1) is 27.8. The van der Waals surface area contributed by atoms with E-state index in [4.69, 9.17) is 33.7 Å². The fraction of sp³-hybridized carbons (Fsp3) is 0.281. The molecule has 2 N–H and O–H groups in total. The number of nitriles is 1. The van der Waals surface area contributed by atoms with E-state index in [2.05, 4.69) is 31.0 Å². The number of pyridine rings is 1. The molecule has 1 aliphatic heterocycles. The third kappa shape index (κ3) is 5.08. The summed E-state index contributed by atoms with van der Waals surface area (Å²) in [6.45, 7) is 8.47. The summed E-state index contributed by atoms with van der Waals surface area (Å²) in [4.78, 5) is 19.9. The van der Waals surface area contributed by atoms with Crippen molar-refractivity contribution in [3.63, 3.8) is 0 Å². The topological polar surface area (TPSA) is 92.2 Å². The van der Waals surface area contributed by atoms with Crippen LogP contribution in [0.4, 0.5) is 5.69 Å². The monoisotopic (exact) mass is 572 g/mol. The van der Waals surface area contributed by atoms with Crippen molar-refractivity contribution < 1.29 is 9.53 Å². The predicted molar refractivity (Wildman–Crippen MR) is 158 cm³/mol. The van der Waals surface area contributed by atoms with Gasteiger partial charge >= 0.3 is 0 Å². The van der Waals surface area contributed by atoms with Gasteiger partial charge in [-0.15, -0.1) is 0 Å².